The first-order valence-electron chi connectivity index (χ1n) is 4.42. The molecule has 1 aromatic heterocycles. The Labute approximate surface area is 87.3 Å². The number of ether oxygens (including phenoxy) is 1. The lowest BCUT2D eigenvalue weighted by atomic mass is 10.3. The van der Waals surface area contributed by atoms with Crippen LogP contribution in [0.3, 0.4) is 0 Å². The van der Waals surface area contributed by atoms with Crippen molar-refractivity contribution in [1.82, 2.24) is 9.97 Å². The lowest BCUT2D eigenvalue weighted by molar-refractivity contribution is -0.142. The molecule has 82 valence electrons. The van der Waals surface area contributed by atoms with Gasteiger partial charge in [-0.1, -0.05) is 0 Å². The highest BCUT2D eigenvalue weighted by Crippen LogP contribution is 2.08. The Balaban J connectivity index is 2.75. The number of aliphatic hydroxyl groups excluding tert-OH is 1. The van der Waals surface area contributed by atoms with Crippen LogP contribution in [0, 0.1) is 6.92 Å². The molecule has 6 nitrogen and oxygen atoms in total. The Morgan fingerprint density at radius 1 is 1.60 bits per heavy atom. The van der Waals surface area contributed by atoms with Gasteiger partial charge in [-0.3, -0.25) is 4.98 Å². The number of carbonyl (C=O) groups is 1. The van der Waals surface area contributed by atoms with E-state index in [1.54, 1.807) is 13.1 Å². The fourth-order valence-corrected chi connectivity index (χ4v) is 1.04. The van der Waals surface area contributed by atoms with Crippen LogP contribution in [-0.4, -0.2) is 40.8 Å². The number of methoxy groups -OCH3 is 1. The summed E-state index contributed by atoms with van der Waals surface area (Å²) in [6.07, 6.45) is 3.05. The van der Waals surface area contributed by atoms with Gasteiger partial charge in [0.05, 0.1) is 19.4 Å². The van der Waals surface area contributed by atoms with E-state index in [2.05, 4.69) is 20.0 Å². The van der Waals surface area contributed by atoms with E-state index in [-0.39, 0.29) is 6.61 Å². The molecule has 0 aliphatic rings. The topological polar surface area (TPSA) is 84.3 Å². The normalized spacial score (nSPS) is 11.9. The van der Waals surface area contributed by atoms with Gasteiger partial charge in [-0.15, -0.1) is 0 Å². The SMILES string of the molecule is COC(=O)C(CO)Nc1nccnc1C. The molecule has 0 saturated carbocycles. The van der Waals surface area contributed by atoms with Crippen LogP contribution >= 0.6 is 0 Å². The summed E-state index contributed by atoms with van der Waals surface area (Å²) < 4.78 is 4.51. The molecule has 1 aromatic rings. The smallest absolute Gasteiger partial charge is 0.330 e. The van der Waals surface area contributed by atoms with Gasteiger partial charge in [0, 0.05) is 12.4 Å². The Bertz CT molecular complexity index is 343. The number of aromatic nitrogens is 2. The third kappa shape index (κ3) is 2.88. The van der Waals surface area contributed by atoms with E-state index >= 15 is 0 Å². The van der Waals surface area contributed by atoms with Crippen LogP contribution in [0.1, 0.15) is 5.69 Å². The predicted octanol–water partition coefficient (Wildman–Crippen LogP) is -0.269. The molecule has 1 heterocycles. The van der Waals surface area contributed by atoms with Gasteiger partial charge < -0.3 is 15.2 Å². The van der Waals surface area contributed by atoms with E-state index in [1.807, 2.05) is 0 Å². The van der Waals surface area contributed by atoms with Crippen molar-refractivity contribution in [2.75, 3.05) is 19.0 Å². The number of rotatable bonds is 4. The molecule has 0 bridgehead atoms. The summed E-state index contributed by atoms with van der Waals surface area (Å²) in [4.78, 5) is 19.1. The highest BCUT2D eigenvalue weighted by molar-refractivity contribution is 5.79. The highest BCUT2D eigenvalue weighted by Gasteiger charge is 2.18. The van der Waals surface area contributed by atoms with Crippen LogP contribution < -0.4 is 5.32 Å². The number of nitrogens with one attached hydrogen (secondary N) is 1. The maximum Gasteiger partial charge on any atom is 0.330 e. The second-order valence-corrected chi connectivity index (χ2v) is 2.89. The lowest BCUT2D eigenvalue weighted by Crippen LogP contribution is -2.34. The molecule has 1 unspecified atom stereocenters. The molecule has 0 spiro atoms. The summed E-state index contributed by atoms with van der Waals surface area (Å²) in [7, 11) is 1.26. The Kier molecular flexibility index (Phi) is 3.99. The average molecular weight is 211 g/mol. The van der Waals surface area contributed by atoms with Crippen LogP contribution in [0.4, 0.5) is 5.82 Å². The minimum Gasteiger partial charge on any atom is -0.467 e. The van der Waals surface area contributed by atoms with Gasteiger partial charge in [0.1, 0.15) is 11.9 Å². The van der Waals surface area contributed by atoms with Crippen molar-refractivity contribution in [1.29, 1.82) is 0 Å². The van der Waals surface area contributed by atoms with E-state index in [9.17, 15) is 4.79 Å². The lowest BCUT2D eigenvalue weighted by Gasteiger charge is -2.14. The largest absolute Gasteiger partial charge is 0.467 e. The summed E-state index contributed by atoms with van der Waals surface area (Å²) in [5.41, 5.74) is 0.653. The zero-order valence-electron chi connectivity index (χ0n) is 8.60. The van der Waals surface area contributed by atoms with Crippen LogP contribution in [0.15, 0.2) is 12.4 Å². The molecule has 0 aliphatic heterocycles. The standard InChI is InChI=1S/C9H13N3O3/c1-6-8(11-4-3-10-6)12-7(5-13)9(14)15-2/h3-4,7,13H,5H2,1-2H3,(H,11,12). The molecule has 0 aromatic carbocycles. The molecule has 1 atom stereocenters. The molecular formula is C9H13N3O3. The van der Waals surface area contributed by atoms with E-state index in [1.165, 1.54) is 13.3 Å². The minimum atomic E-state index is -0.814. The van der Waals surface area contributed by atoms with Crippen molar-refractivity contribution in [3.63, 3.8) is 0 Å². The van der Waals surface area contributed by atoms with E-state index in [0.717, 1.165) is 0 Å². The van der Waals surface area contributed by atoms with Gasteiger partial charge in [-0.05, 0) is 6.92 Å². The summed E-state index contributed by atoms with van der Waals surface area (Å²) in [6, 6.07) is -0.814. The number of hydrogen-bond acceptors (Lipinski definition) is 6. The Morgan fingerprint density at radius 3 is 2.80 bits per heavy atom. The van der Waals surface area contributed by atoms with Gasteiger partial charge in [0.15, 0.2) is 0 Å². The van der Waals surface area contributed by atoms with E-state index in [0.29, 0.717) is 11.5 Å². The molecule has 0 amide bonds. The first-order chi connectivity index (χ1) is 7.19. The van der Waals surface area contributed by atoms with Crippen molar-refractivity contribution < 1.29 is 14.6 Å². The molecule has 2 N–H and O–H groups in total. The molecule has 6 heteroatoms. The second-order valence-electron chi connectivity index (χ2n) is 2.89. The predicted molar refractivity (Wildman–Crippen MR) is 53.3 cm³/mol. The van der Waals surface area contributed by atoms with Crippen molar-refractivity contribution >= 4 is 11.8 Å². The van der Waals surface area contributed by atoms with E-state index < -0.39 is 12.0 Å². The number of hydrogen-bond donors (Lipinski definition) is 2. The number of nitrogens with zero attached hydrogens (tertiary/aromatic N) is 2. The third-order valence-corrected chi connectivity index (χ3v) is 1.86. The van der Waals surface area contributed by atoms with Crippen LogP contribution in [0.2, 0.25) is 0 Å². The molecule has 0 aliphatic carbocycles. The van der Waals surface area contributed by atoms with Gasteiger partial charge in [-0.2, -0.15) is 0 Å². The summed E-state index contributed by atoms with van der Waals surface area (Å²) >= 11 is 0. The number of esters is 1. The quantitative estimate of drug-likeness (QED) is 0.667. The fourth-order valence-electron chi connectivity index (χ4n) is 1.04. The van der Waals surface area contributed by atoms with Gasteiger partial charge in [0.2, 0.25) is 0 Å². The monoisotopic (exact) mass is 211 g/mol. The second kappa shape index (κ2) is 5.26. The highest BCUT2D eigenvalue weighted by atomic mass is 16.5. The zero-order chi connectivity index (χ0) is 11.3. The van der Waals surface area contributed by atoms with Gasteiger partial charge in [0.25, 0.3) is 0 Å². The maximum absolute atomic E-state index is 11.2. The van der Waals surface area contributed by atoms with Crippen molar-refractivity contribution in [2.45, 2.75) is 13.0 Å². The summed E-state index contributed by atoms with van der Waals surface area (Å²) in [6.45, 7) is 1.39. The van der Waals surface area contributed by atoms with Crippen molar-refractivity contribution in [2.24, 2.45) is 0 Å². The molecule has 0 fully saturated rings. The molecule has 0 radical (unpaired) electrons. The van der Waals surface area contributed by atoms with Gasteiger partial charge >= 0.3 is 5.97 Å². The van der Waals surface area contributed by atoms with Crippen LogP contribution in [0.25, 0.3) is 0 Å². The van der Waals surface area contributed by atoms with Gasteiger partial charge in [-0.25, -0.2) is 9.78 Å². The van der Waals surface area contributed by atoms with Crippen molar-refractivity contribution in [3.05, 3.63) is 18.1 Å². The van der Waals surface area contributed by atoms with E-state index in [4.69, 9.17) is 5.11 Å². The molecule has 1 rings (SSSR count). The Hall–Kier alpha value is -1.69. The zero-order valence-corrected chi connectivity index (χ0v) is 8.60. The Morgan fingerprint density at radius 2 is 2.27 bits per heavy atom. The number of aryl methyl sites for hydroxylation is 1. The number of aliphatic hydroxyl groups is 1. The molecule has 15 heavy (non-hydrogen) atoms. The first-order valence-corrected chi connectivity index (χ1v) is 4.42. The molecule has 0 saturated heterocycles. The third-order valence-electron chi connectivity index (χ3n) is 1.86. The average Bonchev–Trinajstić information content (AvgIpc) is 2.27. The summed E-state index contributed by atoms with van der Waals surface area (Å²) in [5, 5.41) is 11.7. The number of carbonyl (C=O) groups excluding carboxylic acids is 1. The van der Waals surface area contributed by atoms with Crippen LogP contribution in [0.5, 0.6) is 0 Å². The van der Waals surface area contributed by atoms with Crippen LogP contribution in [-0.2, 0) is 9.53 Å². The first kappa shape index (κ1) is 11.4. The minimum absolute atomic E-state index is 0.358. The number of anilines is 1. The molecular weight excluding hydrogens is 198 g/mol. The summed E-state index contributed by atoms with van der Waals surface area (Å²) in [5.74, 6) is -0.0792. The maximum atomic E-state index is 11.2. The fraction of sp³-hybridized carbons (Fsp3) is 0.444. The van der Waals surface area contributed by atoms with Crippen molar-refractivity contribution in [3.8, 4) is 0 Å².